The van der Waals surface area contributed by atoms with Gasteiger partial charge in [-0.2, -0.15) is 0 Å². The Kier molecular flexibility index (Phi) is 4.78. The van der Waals surface area contributed by atoms with Gasteiger partial charge in [-0.15, -0.1) is 0 Å². The van der Waals surface area contributed by atoms with Crippen molar-refractivity contribution in [2.75, 3.05) is 0 Å². The fraction of sp³-hybridized carbons (Fsp3) is 0.188. The normalized spacial score (nSPS) is 10.9. The Labute approximate surface area is 152 Å². The van der Waals surface area contributed by atoms with Crippen LogP contribution in [0.25, 0.3) is 11.3 Å². The molecule has 2 heterocycles. The lowest BCUT2D eigenvalue weighted by Gasteiger charge is -2.07. The summed E-state index contributed by atoms with van der Waals surface area (Å²) in [6.07, 6.45) is 1.44. The molecular weight excluding hydrogens is 372 g/mol. The van der Waals surface area contributed by atoms with Crippen LogP contribution in [0.1, 0.15) is 21.9 Å². The van der Waals surface area contributed by atoms with Crippen molar-refractivity contribution in [3.63, 3.8) is 0 Å². The van der Waals surface area contributed by atoms with E-state index in [-0.39, 0.29) is 34.2 Å². The first-order valence-corrected chi connectivity index (χ1v) is 7.89. The molecule has 0 atom stereocenters. The van der Waals surface area contributed by atoms with E-state index in [1.54, 1.807) is 11.6 Å². The molecule has 0 radical (unpaired) electrons. The molecule has 0 aliphatic carbocycles. The van der Waals surface area contributed by atoms with Gasteiger partial charge < -0.3 is 13.8 Å². The SMILES string of the molecule is Cc1onc(-c2c(F)cccc2Cl)c1C(=O)OCc1ncc(Cl)n1C. The van der Waals surface area contributed by atoms with Crippen LogP contribution in [-0.2, 0) is 18.4 Å². The van der Waals surface area contributed by atoms with E-state index < -0.39 is 11.8 Å². The van der Waals surface area contributed by atoms with E-state index in [0.717, 1.165) is 0 Å². The van der Waals surface area contributed by atoms with Crippen molar-refractivity contribution < 1.29 is 18.4 Å². The van der Waals surface area contributed by atoms with Gasteiger partial charge in [0.05, 0.1) is 16.8 Å². The van der Waals surface area contributed by atoms with E-state index >= 15 is 0 Å². The van der Waals surface area contributed by atoms with E-state index in [1.165, 1.54) is 31.3 Å². The molecule has 0 aliphatic heterocycles. The zero-order valence-corrected chi connectivity index (χ0v) is 14.7. The predicted octanol–water partition coefficient (Wildman–Crippen LogP) is 4.19. The standard InChI is InChI=1S/C16H12Cl2FN3O3/c1-8-13(16(23)24-7-12-20-6-11(18)22(12)2)15(21-25-8)14-9(17)4-3-5-10(14)19/h3-6H,7H2,1-2H3. The zero-order chi connectivity index (χ0) is 18.1. The number of carbonyl (C=O) groups excluding carboxylic acids is 1. The summed E-state index contributed by atoms with van der Waals surface area (Å²) in [5.74, 6) is -0.701. The zero-order valence-electron chi connectivity index (χ0n) is 13.2. The number of rotatable bonds is 4. The first-order valence-electron chi connectivity index (χ1n) is 7.14. The third kappa shape index (κ3) is 3.25. The topological polar surface area (TPSA) is 70.2 Å². The summed E-state index contributed by atoms with van der Waals surface area (Å²) in [5, 5.41) is 4.28. The summed E-state index contributed by atoms with van der Waals surface area (Å²) in [5.41, 5.74) is -0.0243. The van der Waals surface area contributed by atoms with Gasteiger partial charge in [-0.25, -0.2) is 14.2 Å². The smallest absolute Gasteiger partial charge is 0.344 e. The van der Waals surface area contributed by atoms with Crippen LogP contribution in [0.4, 0.5) is 4.39 Å². The number of halogens is 3. The van der Waals surface area contributed by atoms with Crippen LogP contribution >= 0.6 is 23.2 Å². The highest BCUT2D eigenvalue weighted by molar-refractivity contribution is 6.33. The van der Waals surface area contributed by atoms with Gasteiger partial charge in [-0.05, 0) is 19.1 Å². The third-order valence-corrected chi connectivity index (χ3v) is 4.29. The van der Waals surface area contributed by atoms with Gasteiger partial charge in [-0.3, -0.25) is 0 Å². The fourth-order valence-corrected chi connectivity index (χ4v) is 2.67. The average molecular weight is 384 g/mol. The molecule has 0 bridgehead atoms. The number of ether oxygens (including phenoxy) is 1. The monoisotopic (exact) mass is 383 g/mol. The minimum atomic E-state index is -0.729. The number of nitrogens with zero attached hydrogens (tertiary/aromatic N) is 3. The number of aromatic nitrogens is 3. The van der Waals surface area contributed by atoms with Crippen LogP contribution in [0.15, 0.2) is 28.9 Å². The molecule has 130 valence electrons. The van der Waals surface area contributed by atoms with Gasteiger partial charge in [0.1, 0.15) is 40.4 Å². The van der Waals surface area contributed by atoms with Crippen LogP contribution in [-0.4, -0.2) is 20.7 Å². The van der Waals surface area contributed by atoms with E-state index in [9.17, 15) is 9.18 Å². The summed E-state index contributed by atoms with van der Waals surface area (Å²) in [7, 11) is 1.69. The maximum absolute atomic E-state index is 14.1. The van der Waals surface area contributed by atoms with Crippen molar-refractivity contribution >= 4 is 29.2 Å². The molecule has 0 saturated carbocycles. The molecule has 25 heavy (non-hydrogen) atoms. The summed E-state index contributed by atoms with van der Waals surface area (Å²) < 4.78 is 26.0. The lowest BCUT2D eigenvalue weighted by atomic mass is 10.1. The number of aryl methyl sites for hydroxylation is 1. The van der Waals surface area contributed by atoms with Crippen LogP contribution in [0, 0.1) is 12.7 Å². The van der Waals surface area contributed by atoms with E-state index in [4.69, 9.17) is 32.5 Å². The summed E-state index contributed by atoms with van der Waals surface area (Å²) in [6.45, 7) is 1.41. The molecule has 0 amide bonds. The van der Waals surface area contributed by atoms with Crippen LogP contribution in [0.5, 0.6) is 0 Å². The molecule has 3 rings (SSSR count). The Morgan fingerprint density at radius 2 is 2.16 bits per heavy atom. The third-order valence-electron chi connectivity index (χ3n) is 3.63. The summed E-state index contributed by atoms with van der Waals surface area (Å²) in [6, 6.07) is 4.17. The Bertz CT molecular complexity index is 932. The second kappa shape index (κ2) is 6.85. The highest BCUT2D eigenvalue weighted by Gasteiger charge is 2.26. The van der Waals surface area contributed by atoms with Crippen molar-refractivity contribution in [1.82, 2.24) is 14.7 Å². The summed E-state index contributed by atoms with van der Waals surface area (Å²) in [4.78, 5) is 16.5. The molecule has 0 aliphatic rings. The molecule has 0 fully saturated rings. The molecule has 2 aromatic heterocycles. The van der Waals surface area contributed by atoms with Gasteiger partial charge in [-0.1, -0.05) is 34.4 Å². The van der Waals surface area contributed by atoms with Crippen LogP contribution < -0.4 is 0 Å². The Morgan fingerprint density at radius 3 is 2.80 bits per heavy atom. The van der Waals surface area contributed by atoms with Gasteiger partial charge in [0.15, 0.2) is 0 Å². The van der Waals surface area contributed by atoms with Crippen molar-refractivity contribution in [3.05, 3.63) is 57.5 Å². The second-order valence-corrected chi connectivity index (χ2v) is 5.99. The van der Waals surface area contributed by atoms with Crippen molar-refractivity contribution in [3.8, 4) is 11.3 Å². The number of esters is 1. The number of hydrogen-bond acceptors (Lipinski definition) is 5. The largest absolute Gasteiger partial charge is 0.454 e. The molecule has 3 aromatic rings. The number of hydrogen-bond donors (Lipinski definition) is 0. The van der Waals surface area contributed by atoms with Crippen LogP contribution in [0.3, 0.4) is 0 Å². The first kappa shape index (κ1) is 17.4. The predicted molar refractivity (Wildman–Crippen MR) is 89.0 cm³/mol. The molecular formula is C16H12Cl2FN3O3. The fourth-order valence-electron chi connectivity index (χ4n) is 2.27. The Morgan fingerprint density at radius 1 is 1.40 bits per heavy atom. The molecule has 0 N–H and O–H groups in total. The molecule has 6 nitrogen and oxygen atoms in total. The maximum Gasteiger partial charge on any atom is 0.344 e. The van der Waals surface area contributed by atoms with E-state index in [0.29, 0.717) is 11.0 Å². The summed E-state index contributed by atoms with van der Waals surface area (Å²) >= 11 is 11.9. The number of benzene rings is 1. The first-order chi connectivity index (χ1) is 11.9. The quantitative estimate of drug-likeness (QED) is 0.631. The lowest BCUT2D eigenvalue weighted by Crippen LogP contribution is -2.10. The lowest BCUT2D eigenvalue weighted by molar-refractivity contribution is 0.0458. The molecule has 9 heteroatoms. The van der Waals surface area contributed by atoms with Gasteiger partial charge >= 0.3 is 5.97 Å². The van der Waals surface area contributed by atoms with Crippen LogP contribution in [0.2, 0.25) is 10.2 Å². The van der Waals surface area contributed by atoms with Crippen molar-refractivity contribution in [1.29, 1.82) is 0 Å². The van der Waals surface area contributed by atoms with Gasteiger partial charge in [0.25, 0.3) is 0 Å². The minimum Gasteiger partial charge on any atom is -0.454 e. The highest BCUT2D eigenvalue weighted by atomic mass is 35.5. The molecule has 1 aromatic carbocycles. The van der Waals surface area contributed by atoms with Gasteiger partial charge in [0.2, 0.25) is 0 Å². The van der Waals surface area contributed by atoms with Crippen molar-refractivity contribution in [2.24, 2.45) is 7.05 Å². The molecule has 0 unspecified atom stereocenters. The molecule has 0 spiro atoms. The number of imidazole rings is 1. The molecule has 0 saturated heterocycles. The average Bonchev–Trinajstić information content (AvgIpc) is 3.09. The van der Waals surface area contributed by atoms with E-state index in [2.05, 4.69) is 10.1 Å². The maximum atomic E-state index is 14.1. The Hall–Kier alpha value is -2.38. The number of carbonyl (C=O) groups is 1. The van der Waals surface area contributed by atoms with Crippen molar-refractivity contribution in [2.45, 2.75) is 13.5 Å². The minimum absolute atomic E-state index is 0.00676. The highest BCUT2D eigenvalue weighted by Crippen LogP contribution is 2.33. The Balaban J connectivity index is 1.91. The van der Waals surface area contributed by atoms with Gasteiger partial charge in [0, 0.05) is 7.05 Å². The van der Waals surface area contributed by atoms with E-state index in [1.807, 2.05) is 0 Å². The second-order valence-electron chi connectivity index (χ2n) is 5.19.